The molecule has 0 aliphatic carbocycles. The van der Waals surface area contributed by atoms with E-state index in [1.165, 1.54) is 0 Å². The van der Waals surface area contributed by atoms with Crippen molar-refractivity contribution in [1.29, 1.82) is 0 Å². The Morgan fingerprint density at radius 1 is 1.11 bits per heavy atom. The molecule has 0 saturated carbocycles. The van der Waals surface area contributed by atoms with E-state index in [2.05, 4.69) is 31.7 Å². The van der Waals surface area contributed by atoms with Crippen molar-refractivity contribution < 1.29 is 9.59 Å². The van der Waals surface area contributed by atoms with Crippen molar-refractivity contribution in [3.05, 3.63) is 74.8 Å². The van der Waals surface area contributed by atoms with E-state index in [9.17, 15) is 9.59 Å². The van der Waals surface area contributed by atoms with Crippen LogP contribution in [0.3, 0.4) is 0 Å². The van der Waals surface area contributed by atoms with Gasteiger partial charge in [0.1, 0.15) is 11.2 Å². The summed E-state index contributed by atoms with van der Waals surface area (Å²) in [6.45, 7) is 0.454. The normalized spacial score (nSPS) is 19.9. The Bertz CT molecular complexity index is 1140. The van der Waals surface area contributed by atoms with Crippen LogP contribution in [-0.2, 0) is 21.5 Å². The molecule has 0 unspecified atom stereocenters. The van der Waals surface area contributed by atoms with Crippen LogP contribution in [0.25, 0.3) is 0 Å². The summed E-state index contributed by atoms with van der Waals surface area (Å²) in [6, 6.07) is 13.0. The molecule has 2 amide bonds. The number of hydrogen-bond donors (Lipinski definition) is 2. The monoisotopic (exact) mass is 456 g/mol. The summed E-state index contributed by atoms with van der Waals surface area (Å²) in [5.41, 5.74) is 2.13. The molecule has 3 aromatic rings. The molecule has 3 heterocycles. The molecular formula is C20H14BrClN4O2. The number of aromatic nitrogens is 2. The topological polar surface area (TPSA) is 76.0 Å². The maximum absolute atomic E-state index is 13.1. The minimum atomic E-state index is -1.07. The standard InChI is InChI=1S/C20H14BrClN4O2/c21-12-3-6-16-14(7-12)20(19(28)24-16)8-17(27)25-18-15(20)9-23-26(18)10-11-1-4-13(22)5-2-11/h1-7,9H,8,10H2,(H,24,28)(H,25,27)/t20-/m1/s1. The van der Waals surface area contributed by atoms with Crippen LogP contribution in [0.5, 0.6) is 0 Å². The molecule has 0 saturated heterocycles. The van der Waals surface area contributed by atoms with Crippen molar-refractivity contribution in [2.75, 3.05) is 10.6 Å². The van der Waals surface area contributed by atoms with Gasteiger partial charge < -0.3 is 10.6 Å². The van der Waals surface area contributed by atoms with Gasteiger partial charge in [-0.15, -0.1) is 0 Å². The number of rotatable bonds is 2. The lowest BCUT2D eigenvalue weighted by Crippen LogP contribution is -2.43. The highest BCUT2D eigenvalue weighted by molar-refractivity contribution is 9.10. The summed E-state index contributed by atoms with van der Waals surface area (Å²) < 4.78 is 2.56. The summed E-state index contributed by atoms with van der Waals surface area (Å²) in [7, 11) is 0. The Balaban J connectivity index is 1.65. The Labute approximate surface area is 174 Å². The third-order valence-corrected chi connectivity index (χ3v) is 6.05. The number of anilines is 2. The summed E-state index contributed by atoms with van der Waals surface area (Å²) in [4.78, 5) is 25.7. The Morgan fingerprint density at radius 3 is 2.68 bits per heavy atom. The zero-order chi connectivity index (χ0) is 19.5. The molecule has 0 fully saturated rings. The van der Waals surface area contributed by atoms with E-state index in [0.717, 1.165) is 21.3 Å². The number of carbonyl (C=O) groups is 2. The van der Waals surface area contributed by atoms with Crippen LogP contribution in [0.15, 0.2) is 53.1 Å². The fraction of sp³-hybridized carbons (Fsp3) is 0.150. The maximum Gasteiger partial charge on any atom is 0.240 e. The number of nitrogens with one attached hydrogen (secondary N) is 2. The van der Waals surface area contributed by atoms with E-state index in [1.54, 1.807) is 10.9 Å². The van der Waals surface area contributed by atoms with Crippen LogP contribution in [0.2, 0.25) is 5.02 Å². The molecule has 8 heteroatoms. The Kier molecular flexibility index (Phi) is 3.86. The first-order valence-electron chi connectivity index (χ1n) is 8.69. The van der Waals surface area contributed by atoms with Gasteiger partial charge in [0.15, 0.2) is 0 Å². The van der Waals surface area contributed by atoms with Crippen molar-refractivity contribution >= 4 is 50.9 Å². The van der Waals surface area contributed by atoms with Gasteiger partial charge >= 0.3 is 0 Å². The number of amides is 2. The number of nitrogens with zero attached hydrogens (tertiary/aromatic N) is 2. The van der Waals surface area contributed by atoms with E-state index >= 15 is 0 Å². The SMILES string of the molecule is O=C1C[C@]2(C(=O)Nc3ccc(Br)cc32)c2cnn(Cc3ccc(Cl)cc3)c2N1. The molecular weight excluding hydrogens is 444 g/mol. The first-order valence-corrected chi connectivity index (χ1v) is 9.86. The molecule has 1 atom stereocenters. The zero-order valence-corrected chi connectivity index (χ0v) is 16.8. The van der Waals surface area contributed by atoms with Gasteiger partial charge in [0, 0.05) is 27.2 Å². The number of hydrogen-bond acceptors (Lipinski definition) is 3. The molecule has 28 heavy (non-hydrogen) atoms. The van der Waals surface area contributed by atoms with E-state index in [4.69, 9.17) is 11.6 Å². The molecule has 6 nitrogen and oxygen atoms in total. The Hall–Kier alpha value is -2.64. The van der Waals surface area contributed by atoms with E-state index in [0.29, 0.717) is 22.9 Å². The minimum absolute atomic E-state index is 0.0436. The second-order valence-corrected chi connectivity index (χ2v) is 8.32. The molecule has 5 rings (SSSR count). The average molecular weight is 458 g/mol. The number of halogens is 2. The van der Waals surface area contributed by atoms with Crippen molar-refractivity contribution in [1.82, 2.24) is 9.78 Å². The van der Waals surface area contributed by atoms with Crippen molar-refractivity contribution in [2.45, 2.75) is 18.4 Å². The third-order valence-electron chi connectivity index (χ3n) is 5.31. The van der Waals surface area contributed by atoms with Gasteiger partial charge in [0.05, 0.1) is 12.7 Å². The fourth-order valence-electron chi connectivity index (χ4n) is 4.00. The third kappa shape index (κ3) is 2.50. The molecule has 0 radical (unpaired) electrons. The highest BCUT2D eigenvalue weighted by Gasteiger charge is 2.54. The summed E-state index contributed by atoms with van der Waals surface area (Å²) in [5, 5.41) is 11.0. The molecule has 2 aliphatic rings. The van der Waals surface area contributed by atoms with Crippen LogP contribution in [0, 0.1) is 0 Å². The lowest BCUT2D eigenvalue weighted by Gasteiger charge is -2.31. The van der Waals surface area contributed by atoms with E-state index in [1.807, 2.05) is 42.5 Å². The molecule has 1 spiro atoms. The first-order chi connectivity index (χ1) is 13.5. The lowest BCUT2D eigenvalue weighted by atomic mass is 9.72. The second kappa shape index (κ2) is 6.18. The maximum atomic E-state index is 13.1. The molecule has 140 valence electrons. The number of fused-ring (bicyclic) bond motifs is 4. The highest BCUT2D eigenvalue weighted by Crippen LogP contribution is 2.50. The summed E-state index contributed by atoms with van der Waals surface area (Å²) >= 11 is 9.43. The second-order valence-electron chi connectivity index (χ2n) is 6.97. The average Bonchev–Trinajstić information content (AvgIpc) is 3.18. The first kappa shape index (κ1) is 17.5. The van der Waals surface area contributed by atoms with E-state index in [-0.39, 0.29) is 18.2 Å². The van der Waals surface area contributed by atoms with Gasteiger partial charge in [-0.1, -0.05) is 39.7 Å². The van der Waals surface area contributed by atoms with Gasteiger partial charge in [-0.3, -0.25) is 9.59 Å². The molecule has 1 aromatic heterocycles. The lowest BCUT2D eigenvalue weighted by molar-refractivity contribution is -0.125. The van der Waals surface area contributed by atoms with Crippen molar-refractivity contribution in [3.8, 4) is 0 Å². The Morgan fingerprint density at radius 2 is 1.89 bits per heavy atom. The summed E-state index contributed by atoms with van der Waals surface area (Å²) in [5.74, 6) is 0.130. The quantitative estimate of drug-likeness (QED) is 0.612. The van der Waals surface area contributed by atoms with Crippen LogP contribution < -0.4 is 10.6 Å². The number of benzene rings is 2. The molecule has 2 aliphatic heterocycles. The largest absolute Gasteiger partial charge is 0.325 e. The van der Waals surface area contributed by atoms with Crippen LogP contribution in [-0.4, -0.2) is 21.6 Å². The van der Waals surface area contributed by atoms with Crippen molar-refractivity contribution in [3.63, 3.8) is 0 Å². The van der Waals surface area contributed by atoms with Gasteiger partial charge in [0.25, 0.3) is 0 Å². The zero-order valence-electron chi connectivity index (χ0n) is 14.5. The summed E-state index contributed by atoms with van der Waals surface area (Å²) in [6.07, 6.45) is 1.72. The van der Waals surface area contributed by atoms with Crippen LogP contribution in [0.1, 0.15) is 23.1 Å². The molecule has 2 aromatic carbocycles. The van der Waals surface area contributed by atoms with Gasteiger partial charge in [0.2, 0.25) is 11.8 Å². The molecule has 0 bridgehead atoms. The van der Waals surface area contributed by atoms with Crippen molar-refractivity contribution in [2.24, 2.45) is 0 Å². The van der Waals surface area contributed by atoms with E-state index < -0.39 is 5.41 Å². The predicted molar refractivity (Wildman–Crippen MR) is 110 cm³/mol. The molecule has 2 N–H and O–H groups in total. The van der Waals surface area contributed by atoms with Crippen LogP contribution in [0.4, 0.5) is 11.5 Å². The van der Waals surface area contributed by atoms with Gasteiger partial charge in [-0.25, -0.2) is 4.68 Å². The van der Waals surface area contributed by atoms with Gasteiger partial charge in [-0.05, 0) is 41.5 Å². The smallest absolute Gasteiger partial charge is 0.240 e. The highest BCUT2D eigenvalue weighted by atomic mass is 79.9. The fourth-order valence-corrected chi connectivity index (χ4v) is 4.48. The minimum Gasteiger partial charge on any atom is -0.325 e. The van der Waals surface area contributed by atoms with Crippen LogP contribution >= 0.6 is 27.5 Å². The van der Waals surface area contributed by atoms with Gasteiger partial charge in [-0.2, -0.15) is 5.10 Å². The number of carbonyl (C=O) groups excluding carboxylic acids is 2. The predicted octanol–water partition coefficient (Wildman–Crippen LogP) is 3.93.